The van der Waals surface area contributed by atoms with Gasteiger partial charge in [0.2, 0.25) is 5.91 Å². The number of nitrogens with zero attached hydrogens (tertiary/aromatic N) is 3. The second kappa shape index (κ2) is 8.79. The first-order chi connectivity index (χ1) is 13.5. The van der Waals surface area contributed by atoms with Gasteiger partial charge in [0.05, 0.1) is 0 Å². The minimum absolute atomic E-state index is 0.0583. The SMILES string of the molecule is CC(=O)N1CCN(c2ncccc2CNC(=O)C(O)c2ccc(F)cc2)CC1. The molecule has 0 aliphatic carbocycles. The largest absolute Gasteiger partial charge is 0.378 e. The first-order valence-corrected chi connectivity index (χ1v) is 9.11. The normalized spacial score (nSPS) is 15.2. The fourth-order valence-corrected chi connectivity index (χ4v) is 3.16. The standard InChI is InChI=1S/C20H23FN4O3/c1-14(26)24-9-11-25(12-10-24)19-16(3-2-8-22-19)13-23-20(28)18(27)15-4-6-17(21)7-5-15/h2-8,18,27H,9-13H2,1H3,(H,23,28). The second-order valence-electron chi connectivity index (χ2n) is 6.65. The molecule has 1 unspecified atom stereocenters. The van der Waals surface area contributed by atoms with E-state index >= 15 is 0 Å². The molecule has 1 aliphatic rings. The Labute approximate surface area is 162 Å². The molecule has 1 aromatic carbocycles. The number of halogens is 1. The number of amides is 2. The molecule has 1 aromatic heterocycles. The van der Waals surface area contributed by atoms with E-state index in [-0.39, 0.29) is 12.5 Å². The predicted molar refractivity (Wildman–Crippen MR) is 102 cm³/mol. The first kappa shape index (κ1) is 19.8. The molecule has 1 saturated heterocycles. The fraction of sp³-hybridized carbons (Fsp3) is 0.350. The molecule has 2 N–H and O–H groups in total. The summed E-state index contributed by atoms with van der Waals surface area (Å²) in [4.78, 5) is 32.1. The molecule has 2 amide bonds. The number of aromatic nitrogens is 1. The monoisotopic (exact) mass is 386 g/mol. The molecule has 28 heavy (non-hydrogen) atoms. The molecule has 2 aromatic rings. The van der Waals surface area contributed by atoms with Crippen LogP contribution in [0.4, 0.5) is 10.2 Å². The van der Waals surface area contributed by atoms with E-state index in [0.717, 1.165) is 11.4 Å². The minimum atomic E-state index is -1.38. The number of hydrogen-bond donors (Lipinski definition) is 2. The van der Waals surface area contributed by atoms with Crippen LogP contribution in [0.3, 0.4) is 0 Å². The molecule has 8 heteroatoms. The van der Waals surface area contributed by atoms with Crippen molar-refractivity contribution < 1.29 is 19.1 Å². The van der Waals surface area contributed by atoms with Gasteiger partial charge >= 0.3 is 0 Å². The van der Waals surface area contributed by atoms with Crippen molar-refractivity contribution in [2.24, 2.45) is 0 Å². The molecule has 1 fully saturated rings. The number of aliphatic hydroxyl groups excluding tert-OH is 1. The molecule has 7 nitrogen and oxygen atoms in total. The Kier molecular flexibility index (Phi) is 6.20. The lowest BCUT2D eigenvalue weighted by Crippen LogP contribution is -2.48. The number of piperazine rings is 1. The van der Waals surface area contributed by atoms with Gasteiger partial charge in [-0.2, -0.15) is 0 Å². The number of carbonyl (C=O) groups is 2. The van der Waals surface area contributed by atoms with E-state index in [9.17, 15) is 19.1 Å². The Morgan fingerprint density at radius 1 is 1.18 bits per heavy atom. The summed E-state index contributed by atoms with van der Waals surface area (Å²) < 4.78 is 13.0. The van der Waals surface area contributed by atoms with E-state index in [0.29, 0.717) is 31.7 Å². The van der Waals surface area contributed by atoms with Crippen LogP contribution in [-0.4, -0.2) is 53.0 Å². The maximum absolute atomic E-state index is 13.0. The summed E-state index contributed by atoms with van der Waals surface area (Å²) in [6.07, 6.45) is 0.311. The Morgan fingerprint density at radius 3 is 2.50 bits per heavy atom. The molecule has 0 saturated carbocycles. The molecule has 0 radical (unpaired) electrons. The Balaban J connectivity index is 1.63. The zero-order valence-electron chi connectivity index (χ0n) is 15.6. The summed E-state index contributed by atoms with van der Waals surface area (Å²) in [6.45, 7) is 4.34. The number of nitrogens with one attached hydrogen (secondary N) is 1. The first-order valence-electron chi connectivity index (χ1n) is 9.11. The van der Waals surface area contributed by atoms with Gasteiger partial charge in [-0.05, 0) is 23.8 Å². The zero-order chi connectivity index (χ0) is 20.1. The lowest BCUT2D eigenvalue weighted by molar-refractivity contribution is -0.130. The van der Waals surface area contributed by atoms with E-state index in [1.807, 2.05) is 6.07 Å². The third-order valence-electron chi connectivity index (χ3n) is 4.78. The van der Waals surface area contributed by atoms with Crippen molar-refractivity contribution in [3.05, 3.63) is 59.5 Å². The Bertz CT molecular complexity index is 836. The predicted octanol–water partition coefficient (Wildman–Crippen LogP) is 1.24. The highest BCUT2D eigenvalue weighted by Crippen LogP contribution is 2.20. The molecule has 2 heterocycles. The summed E-state index contributed by atoms with van der Waals surface area (Å²) in [7, 11) is 0. The van der Waals surface area contributed by atoms with Gasteiger partial charge < -0.3 is 20.2 Å². The Hall–Kier alpha value is -3.00. The van der Waals surface area contributed by atoms with Gasteiger partial charge in [-0.25, -0.2) is 9.37 Å². The van der Waals surface area contributed by atoms with Crippen molar-refractivity contribution >= 4 is 17.6 Å². The molecular weight excluding hydrogens is 363 g/mol. The van der Waals surface area contributed by atoms with Crippen LogP contribution < -0.4 is 10.2 Å². The van der Waals surface area contributed by atoms with Crippen molar-refractivity contribution in [3.63, 3.8) is 0 Å². The number of anilines is 1. The summed E-state index contributed by atoms with van der Waals surface area (Å²) in [5, 5.41) is 12.9. The molecule has 0 spiro atoms. The van der Waals surface area contributed by atoms with Gasteiger partial charge in [0.15, 0.2) is 6.10 Å². The maximum atomic E-state index is 13.0. The van der Waals surface area contributed by atoms with E-state index in [1.165, 1.54) is 24.3 Å². The number of pyridine rings is 1. The van der Waals surface area contributed by atoms with Crippen LogP contribution in [0.1, 0.15) is 24.2 Å². The molecule has 1 aliphatic heterocycles. The quantitative estimate of drug-likeness (QED) is 0.808. The molecule has 0 bridgehead atoms. The summed E-state index contributed by atoms with van der Waals surface area (Å²) in [5.74, 6) is -0.186. The van der Waals surface area contributed by atoms with Crippen LogP contribution in [0.15, 0.2) is 42.6 Å². The van der Waals surface area contributed by atoms with E-state index in [4.69, 9.17) is 0 Å². The smallest absolute Gasteiger partial charge is 0.253 e. The van der Waals surface area contributed by atoms with E-state index < -0.39 is 17.8 Å². The van der Waals surface area contributed by atoms with Gasteiger partial charge in [0, 0.05) is 51.4 Å². The third kappa shape index (κ3) is 4.64. The van der Waals surface area contributed by atoms with E-state index in [1.54, 1.807) is 24.1 Å². The topological polar surface area (TPSA) is 85.8 Å². The van der Waals surface area contributed by atoms with Crippen molar-refractivity contribution in [1.82, 2.24) is 15.2 Å². The average Bonchev–Trinajstić information content (AvgIpc) is 2.72. The number of carbonyl (C=O) groups excluding carboxylic acids is 2. The molecule has 3 rings (SSSR count). The van der Waals surface area contributed by atoms with Crippen LogP contribution >= 0.6 is 0 Å². The van der Waals surface area contributed by atoms with E-state index in [2.05, 4.69) is 15.2 Å². The summed E-state index contributed by atoms with van der Waals surface area (Å²) in [6, 6.07) is 8.81. The summed E-state index contributed by atoms with van der Waals surface area (Å²) >= 11 is 0. The lowest BCUT2D eigenvalue weighted by atomic mass is 10.1. The average molecular weight is 386 g/mol. The van der Waals surface area contributed by atoms with Gasteiger partial charge in [-0.1, -0.05) is 18.2 Å². The summed E-state index contributed by atoms with van der Waals surface area (Å²) in [5.41, 5.74) is 1.14. The zero-order valence-corrected chi connectivity index (χ0v) is 15.6. The van der Waals surface area contributed by atoms with Crippen LogP contribution in [0.5, 0.6) is 0 Å². The third-order valence-corrected chi connectivity index (χ3v) is 4.78. The number of benzene rings is 1. The fourth-order valence-electron chi connectivity index (χ4n) is 3.16. The second-order valence-corrected chi connectivity index (χ2v) is 6.65. The highest BCUT2D eigenvalue weighted by molar-refractivity contribution is 5.82. The number of hydrogen-bond acceptors (Lipinski definition) is 5. The van der Waals surface area contributed by atoms with Crippen molar-refractivity contribution in [2.45, 2.75) is 19.6 Å². The van der Waals surface area contributed by atoms with Crippen molar-refractivity contribution in [3.8, 4) is 0 Å². The van der Waals surface area contributed by atoms with Crippen LogP contribution in [-0.2, 0) is 16.1 Å². The molecular formula is C20H23FN4O3. The van der Waals surface area contributed by atoms with Gasteiger partial charge in [-0.3, -0.25) is 9.59 Å². The highest BCUT2D eigenvalue weighted by Gasteiger charge is 2.22. The highest BCUT2D eigenvalue weighted by atomic mass is 19.1. The molecule has 1 atom stereocenters. The minimum Gasteiger partial charge on any atom is -0.378 e. The van der Waals surface area contributed by atoms with Crippen LogP contribution in [0.2, 0.25) is 0 Å². The number of rotatable bonds is 5. The Morgan fingerprint density at radius 2 is 1.86 bits per heavy atom. The van der Waals surface area contributed by atoms with Gasteiger partial charge in [0.1, 0.15) is 11.6 Å². The van der Waals surface area contributed by atoms with Gasteiger partial charge in [0.25, 0.3) is 5.91 Å². The molecule has 148 valence electrons. The van der Waals surface area contributed by atoms with Crippen molar-refractivity contribution in [1.29, 1.82) is 0 Å². The van der Waals surface area contributed by atoms with Crippen LogP contribution in [0.25, 0.3) is 0 Å². The lowest BCUT2D eigenvalue weighted by Gasteiger charge is -2.35. The van der Waals surface area contributed by atoms with Crippen molar-refractivity contribution in [2.75, 3.05) is 31.1 Å². The van der Waals surface area contributed by atoms with Gasteiger partial charge in [-0.15, -0.1) is 0 Å². The van der Waals surface area contributed by atoms with Crippen LogP contribution in [0, 0.1) is 5.82 Å². The number of aliphatic hydroxyl groups is 1. The maximum Gasteiger partial charge on any atom is 0.253 e.